The molecule has 1 aliphatic heterocycles. The van der Waals surface area contributed by atoms with E-state index in [0.29, 0.717) is 36.8 Å². The van der Waals surface area contributed by atoms with Gasteiger partial charge in [0.2, 0.25) is 0 Å². The summed E-state index contributed by atoms with van der Waals surface area (Å²) in [6, 6.07) is 11.8. The van der Waals surface area contributed by atoms with E-state index in [-0.39, 0.29) is 5.91 Å². The van der Waals surface area contributed by atoms with Crippen LogP contribution in [0.5, 0.6) is 11.5 Å². The zero-order valence-corrected chi connectivity index (χ0v) is 16.6. The van der Waals surface area contributed by atoms with Gasteiger partial charge < -0.3 is 19.3 Å². The molecular formula is C22H28N2O3. The van der Waals surface area contributed by atoms with Gasteiger partial charge in [-0.05, 0) is 56.2 Å². The van der Waals surface area contributed by atoms with Gasteiger partial charge in [-0.3, -0.25) is 4.79 Å². The highest BCUT2D eigenvalue weighted by atomic mass is 16.5. The minimum absolute atomic E-state index is 0.0389. The summed E-state index contributed by atoms with van der Waals surface area (Å²) in [5.41, 5.74) is 4.52. The molecule has 1 saturated heterocycles. The van der Waals surface area contributed by atoms with Crippen molar-refractivity contribution in [3.05, 3.63) is 53.1 Å². The van der Waals surface area contributed by atoms with Gasteiger partial charge in [0.1, 0.15) is 0 Å². The SMILES string of the molecule is CCOc1ccc(C(=O)N2CCN(c3cccc(C)c3C)CC2)cc1OC. The smallest absolute Gasteiger partial charge is 0.254 e. The second-order valence-electron chi connectivity index (χ2n) is 6.80. The zero-order chi connectivity index (χ0) is 19.4. The summed E-state index contributed by atoms with van der Waals surface area (Å²) in [5, 5.41) is 0. The monoisotopic (exact) mass is 368 g/mol. The number of rotatable bonds is 5. The molecule has 2 aromatic rings. The number of carbonyl (C=O) groups excluding carboxylic acids is 1. The number of anilines is 1. The molecule has 2 aromatic carbocycles. The molecule has 0 atom stereocenters. The Morgan fingerprint density at radius 2 is 1.78 bits per heavy atom. The molecule has 1 aliphatic rings. The van der Waals surface area contributed by atoms with Gasteiger partial charge in [0.05, 0.1) is 13.7 Å². The summed E-state index contributed by atoms with van der Waals surface area (Å²) in [6.07, 6.45) is 0. The fourth-order valence-corrected chi connectivity index (χ4v) is 3.49. The molecule has 0 spiro atoms. The molecule has 5 heteroatoms. The molecule has 1 heterocycles. The van der Waals surface area contributed by atoms with Crippen molar-refractivity contribution in [3.8, 4) is 11.5 Å². The standard InChI is InChI=1S/C22H28N2O3/c1-5-27-20-10-9-18(15-21(20)26-4)22(25)24-13-11-23(12-14-24)19-8-6-7-16(2)17(19)3/h6-10,15H,5,11-14H2,1-4H3. The predicted molar refractivity (Wildman–Crippen MR) is 108 cm³/mol. The lowest BCUT2D eigenvalue weighted by Crippen LogP contribution is -2.49. The highest BCUT2D eigenvalue weighted by Gasteiger charge is 2.24. The van der Waals surface area contributed by atoms with Gasteiger partial charge in [0, 0.05) is 37.4 Å². The number of nitrogens with zero attached hydrogens (tertiary/aromatic N) is 2. The van der Waals surface area contributed by atoms with Gasteiger partial charge in [-0.15, -0.1) is 0 Å². The molecule has 0 saturated carbocycles. The van der Waals surface area contributed by atoms with Gasteiger partial charge in [-0.1, -0.05) is 12.1 Å². The molecular weight excluding hydrogens is 340 g/mol. The quantitative estimate of drug-likeness (QED) is 0.807. The van der Waals surface area contributed by atoms with Crippen LogP contribution in [-0.4, -0.2) is 50.7 Å². The Morgan fingerprint density at radius 1 is 1.04 bits per heavy atom. The third-order valence-electron chi connectivity index (χ3n) is 5.19. The Morgan fingerprint density at radius 3 is 2.44 bits per heavy atom. The van der Waals surface area contributed by atoms with Crippen LogP contribution in [-0.2, 0) is 0 Å². The maximum absolute atomic E-state index is 12.9. The lowest BCUT2D eigenvalue weighted by atomic mass is 10.1. The number of methoxy groups -OCH3 is 1. The molecule has 0 aliphatic carbocycles. The summed E-state index contributed by atoms with van der Waals surface area (Å²) in [6.45, 7) is 9.88. The minimum Gasteiger partial charge on any atom is -0.493 e. The number of benzene rings is 2. The number of piperazine rings is 1. The summed E-state index contributed by atoms with van der Waals surface area (Å²) in [7, 11) is 1.59. The van der Waals surface area contributed by atoms with Crippen LogP contribution >= 0.6 is 0 Å². The van der Waals surface area contributed by atoms with Crippen LogP contribution in [0.2, 0.25) is 0 Å². The molecule has 144 valence electrons. The van der Waals surface area contributed by atoms with Crippen LogP contribution in [0.3, 0.4) is 0 Å². The van der Waals surface area contributed by atoms with Crippen LogP contribution in [0.15, 0.2) is 36.4 Å². The largest absolute Gasteiger partial charge is 0.493 e. The second-order valence-corrected chi connectivity index (χ2v) is 6.80. The van der Waals surface area contributed by atoms with E-state index in [2.05, 4.69) is 36.9 Å². The van der Waals surface area contributed by atoms with Gasteiger partial charge in [-0.2, -0.15) is 0 Å². The highest BCUT2D eigenvalue weighted by molar-refractivity contribution is 5.95. The van der Waals surface area contributed by atoms with Crippen LogP contribution in [0, 0.1) is 13.8 Å². The molecule has 0 N–H and O–H groups in total. The Bertz CT molecular complexity index is 811. The number of carbonyl (C=O) groups is 1. The first-order valence-electron chi connectivity index (χ1n) is 9.46. The number of amides is 1. The van der Waals surface area contributed by atoms with E-state index in [1.165, 1.54) is 16.8 Å². The minimum atomic E-state index is 0.0389. The van der Waals surface area contributed by atoms with Crippen molar-refractivity contribution >= 4 is 11.6 Å². The topological polar surface area (TPSA) is 42.0 Å². The lowest BCUT2D eigenvalue weighted by Gasteiger charge is -2.37. The Hall–Kier alpha value is -2.69. The van der Waals surface area contributed by atoms with Crippen molar-refractivity contribution in [1.29, 1.82) is 0 Å². The van der Waals surface area contributed by atoms with Gasteiger partial charge >= 0.3 is 0 Å². The molecule has 3 rings (SSSR count). The summed E-state index contributed by atoms with van der Waals surface area (Å²) >= 11 is 0. The molecule has 1 fully saturated rings. The van der Waals surface area contributed by atoms with E-state index in [9.17, 15) is 4.79 Å². The van der Waals surface area contributed by atoms with Crippen LogP contribution in [0.4, 0.5) is 5.69 Å². The Kier molecular flexibility index (Phi) is 5.89. The van der Waals surface area contributed by atoms with Crippen molar-refractivity contribution < 1.29 is 14.3 Å². The predicted octanol–water partition coefficient (Wildman–Crippen LogP) is 3.67. The third kappa shape index (κ3) is 4.02. The molecule has 0 unspecified atom stereocenters. The molecule has 5 nitrogen and oxygen atoms in total. The molecule has 0 aromatic heterocycles. The van der Waals surface area contributed by atoms with Crippen LogP contribution in [0.25, 0.3) is 0 Å². The average Bonchev–Trinajstić information content (AvgIpc) is 2.70. The fourth-order valence-electron chi connectivity index (χ4n) is 3.49. The second kappa shape index (κ2) is 8.33. The highest BCUT2D eigenvalue weighted by Crippen LogP contribution is 2.29. The van der Waals surface area contributed by atoms with Crippen LogP contribution in [0.1, 0.15) is 28.4 Å². The third-order valence-corrected chi connectivity index (χ3v) is 5.19. The van der Waals surface area contributed by atoms with Crippen LogP contribution < -0.4 is 14.4 Å². The van der Waals surface area contributed by atoms with Gasteiger partial charge in [-0.25, -0.2) is 0 Å². The van der Waals surface area contributed by atoms with Crippen molar-refractivity contribution in [3.63, 3.8) is 0 Å². The molecule has 27 heavy (non-hydrogen) atoms. The molecule has 0 bridgehead atoms. The van der Waals surface area contributed by atoms with E-state index < -0.39 is 0 Å². The molecule has 1 amide bonds. The maximum Gasteiger partial charge on any atom is 0.254 e. The maximum atomic E-state index is 12.9. The number of hydrogen-bond acceptors (Lipinski definition) is 4. The van der Waals surface area contributed by atoms with Crippen molar-refractivity contribution in [2.45, 2.75) is 20.8 Å². The van der Waals surface area contributed by atoms with Gasteiger partial charge in [0.15, 0.2) is 11.5 Å². The number of aryl methyl sites for hydroxylation is 1. The Labute approximate surface area is 161 Å². The van der Waals surface area contributed by atoms with E-state index in [0.717, 1.165) is 13.1 Å². The van der Waals surface area contributed by atoms with E-state index >= 15 is 0 Å². The number of ether oxygens (including phenoxy) is 2. The first-order valence-corrected chi connectivity index (χ1v) is 9.46. The van der Waals surface area contributed by atoms with E-state index in [4.69, 9.17) is 9.47 Å². The summed E-state index contributed by atoms with van der Waals surface area (Å²) in [5.74, 6) is 1.30. The first kappa shape index (κ1) is 19.1. The van der Waals surface area contributed by atoms with E-state index in [1.54, 1.807) is 13.2 Å². The lowest BCUT2D eigenvalue weighted by molar-refractivity contribution is 0.0746. The average molecular weight is 368 g/mol. The van der Waals surface area contributed by atoms with Gasteiger partial charge in [0.25, 0.3) is 5.91 Å². The van der Waals surface area contributed by atoms with Crippen molar-refractivity contribution in [2.75, 3.05) is 44.8 Å². The zero-order valence-electron chi connectivity index (χ0n) is 16.6. The normalized spacial score (nSPS) is 14.2. The van der Waals surface area contributed by atoms with Crippen molar-refractivity contribution in [2.24, 2.45) is 0 Å². The molecule has 0 radical (unpaired) electrons. The fraction of sp³-hybridized carbons (Fsp3) is 0.409. The summed E-state index contributed by atoms with van der Waals surface area (Å²) in [4.78, 5) is 17.2. The van der Waals surface area contributed by atoms with Crippen molar-refractivity contribution in [1.82, 2.24) is 4.90 Å². The first-order chi connectivity index (χ1) is 13.0. The number of hydrogen-bond donors (Lipinski definition) is 0. The van der Waals surface area contributed by atoms with E-state index in [1.807, 2.05) is 24.0 Å². The summed E-state index contributed by atoms with van der Waals surface area (Å²) < 4.78 is 10.9. The Balaban J connectivity index is 1.69.